The molecular weight excluding hydrogens is 492 g/mol. The van der Waals surface area contributed by atoms with Gasteiger partial charge in [-0.15, -0.1) is 0 Å². The monoisotopic (exact) mass is 514 g/mol. The van der Waals surface area contributed by atoms with Crippen LogP contribution in [-0.4, -0.2) is 47.2 Å². The molecule has 1 fully saturated rings. The number of fused-ring (bicyclic) bond motifs is 1. The Morgan fingerprint density at radius 2 is 1.73 bits per heavy atom. The highest BCUT2D eigenvalue weighted by Crippen LogP contribution is 2.35. The van der Waals surface area contributed by atoms with E-state index in [1.54, 1.807) is 29.2 Å². The molecule has 0 atom stereocenters. The third-order valence-electron chi connectivity index (χ3n) is 6.05. The van der Waals surface area contributed by atoms with Crippen molar-refractivity contribution in [2.75, 3.05) is 31.5 Å². The first-order chi connectivity index (χ1) is 17.8. The van der Waals surface area contributed by atoms with E-state index in [9.17, 15) is 22.4 Å². The van der Waals surface area contributed by atoms with Gasteiger partial charge in [0.25, 0.3) is 0 Å². The Balaban J connectivity index is 1.16. The first-order valence-corrected chi connectivity index (χ1v) is 11.5. The highest BCUT2D eigenvalue weighted by molar-refractivity contribution is 5.98. The standard InChI is InChI=1S/C26H22F4N4O3/c27-22-9-8-19(15-21(22)26(28,29)30)36-18-5-3-4-17(14-18)16-33-10-12-34(13-11-33)25(35)31-24-20-6-1-2-7-23(20)37-32-24/h1-9,14-15H,10-13,16H2,(H,31,32,35). The zero-order valence-corrected chi connectivity index (χ0v) is 19.5. The third kappa shape index (κ3) is 5.67. The summed E-state index contributed by atoms with van der Waals surface area (Å²) in [7, 11) is 0. The molecule has 1 saturated heterocycles. The summed E-state index contributed by atoms with van der Waals surface area (Å²) in [6.45, 7) is 2.84. The van der Waals surface area contributed by atoms with Crippen molar-refractivity contribution >= 4 is 22.8 Å². The van der Waals surface area contributed by atoms with Crippen LogP contribution in [0.2, 0.25) is 0 Å². The van der Waals surface area contributed by atoms with Gasteiger partial charge in [-0.05, 0) is 48.0 Å². The molecule has 1 aliphatic heterocycles. The summed E-state index contributed by atoms with van der Waals surface area (Å²) >= 11 is 0. The van der Waals surface area contributed by atoms with Gasteiger partial charge in [-0.2, -0.15) is 13.2 Å². The lowest BCUT2D eigenvalue weighted by atomic mass is 10.1. The number of nitrogens with one attached hydrogen (secondary N) is 1. The van der Waals surface area contributed by atoms with Gasteiger partial charge in [-0.1, -0.05) is 29.4 Å². The van der Waals surface area contributed by atoms with Crippen LogP contribution in [0, 0.1) is 5.82 Å². The molecule has 7 nitrogen and oxygen atoms in total. The number of urea groups is 1. The Morgan fingerprint density at radius 1 is 0.973 bits per heavy atom. The number of carbonyl (C=O) groups is 1. The number of anilines is 1. The van der Waals surface area contributed by atoms with E-state index >= 15 is 0 Å². The molecule has 1 aromatic heterocycles. The van der Waals surface area contributed by atoms with Crippen molar-refractivity contribution in [3.05, 3.63) is 83.7 Å². The quantitative estimate of drug-likeness (QED) is 0.325. The van der Waals surface area contributed by atoms with E-state index in [1.165, 1.54) is 0 Å². The maximum Gasteiger partial charge on any atom is 0.419 e. The number of aromatic nitrogens is 1. The molecule has 5 rings (SSSR count). The first-order valence-electron chi connectivity index (χ1n) is 11.5. The Labute approximate surface area is 209 Å². The molecule has 2 heterocycles. The van der Waals surface area contributed by atoms with Crippen LogP contribution >= 0.6 is 0 Å². The Kier molecular flexibility index (Phi) is 6.70. The maximum atomic E-state index is 13.5. The molecule has 0 saturated carbocycles. The number of amides is 2. The van der Waals surface area contributed by atoms with Gasteiger partial charge in [-0.3, -0.25) is 10.2 Å². The number of hydrogen-bond donors (Lipinski definition) is 1. The lowest BCUT2D eigenvalue weighted by molar-refractivity contribution is -0.140. The Hall–Kier alpha value is -4.12. The number of nitrogens with zero attached hydrogens (tertiary/aromatic N) is 3. The van der Waals surface area contributed by atoms with Crippen LogP contribution in [0.3, 0.4) is 0 Å². The maximum absolute atomic E-state index is 13.5. The van der Waals surface area contributed by atoms with Crippen molar-refractivity contribution in [1.82, 2.24) is 15.0 Å². The molecule has 0 bridgehead atoms. The average molecular weight is 514 g/mol. The molecule has 1 N–H and O–H groups in total. The predicted molar refractivity (Wildman–Crippen MR) is 128 cm³/mol. The van der Waals surface area contributed by atoms with Gasteiger partial charge in [0.05, 0.1) is 10.9 Å². The molecule has 4 aromatic rings. The van der Waals surface area contributed by atoms with Gasteiger partial charge in [0.2, 0.25) is 0 Å². The number of benzene rings is 3. The lowest BCUT2D eigenvalue weighted by Gasteiger charge is -2.34. The van der Waals surface area contributed by atoms with Crippen LogP contribution in [0.15, 0.2) is 71.3 Å². The lowest BCUT2D eigenvalue weighted by Crippen LogP contribution is -2.49. The van der Waals surface area contributed by atoms with Gasteiger partial charge in [0.15, 0.2) is 11.4 Å². The topological polar surface area (TPSA) is 70.8 Å². The number of ether oxygens (including phenoxy) is 1. The zero-order valence-electron chi connectivity index (χ0n) is 19.5. The van der Waals surface area contributed by atoms with Crippen molar-refractivity contribution in [3.8, 4) is 11.5 Å². The van der Waals surface area contributed by atoms with Crippen molar-refractivity contribution in [3.63, 3.8) is 0 Å². The molecule has 192 valence electrons. The minimum Gasteiger partial charge on any atom is -0.457 e. The van der Waals surface area contributed by atoms with Gasteiger partial charge in [-0.25, -0.2) is 9.18 Å². The second kappa shape index (κ2) is 10.1. The number of rotatable bonds is 5. The molecule has 37 heavy (non-hydrogen) atoms. The van der Waals surface area contributed by atoms with Crippen LogP contribution in [0.5, 0.6) is 11.5 Å². The SMILES string of the molecule is O=C(Nc1noc2ccccc12)N1CCN(Cc2cccc(Oc3ccc(F)c(C(F)(F)F)c3)c2)CC1. The smallest absolute Gasteiger partial charge is 0.419 e. The minimum atomic E-state index is -4.81. The summed E-state index contributed by atoms with van der Waals surface area (Å²) in [4.78, 5) is 16.6. The minimum absolute atomic E-state index is 0.106. The molecule has 0 spiro atoms. The summed E-state index contributed by atoms with van der Waals surface area (Å²) in [5, 5.41) is 7.46. The van der Waals surface area contributed by atoms with Gasteiger partial charge < -0.3 is 14.2 Å². The summed E-state index contributed by atoms with van der Waals surface area (Å²) in [6.07, 6.45) is -4.81. The van der Waals surface area contributed by atoms with Crippen LogP contribution < -0.4 is 10.1 Å². The van der Waals surface area contributed by atoms with E-state index in [0.717, 1.165) is 23.1 Å². The summed E-state index contributed by atoms with van der Waals surface area (Å²) < 4.78 is 63.3. The predicted octanol–water partition coefficient (Wildman–Crippen LogP) is 6.13. The zero-order chi connectivity index (χ0) is 26.0. The molecule has 2 amide bonds. The van der Waals surface area contributed by atoms with Crippen LogP contribution in [0.25, 0.3) is 11.0 Å². The van der Waals surface area contributed by atoms with Crippen LogP contribution in [0.1, 0.15) is 11.1 Å². The number of alkyl halides is 3. The summed E-state index contributed by atoms with van der Waals surface area (Å²) in [5.41, 5.74) is 0.108. The van der Waals surface area contributed by atoms with Gasteiger partial charge >= 0.3 is 12.2 Å². The van der Waals surface area contributed by atoms with Crippen molar-refractivity contribution in [2.24, 2.45) is 0 Å². The fraction of sp³-hybridized carbons (Fsp3) is 0.231. The number of piperazine rings is 1. The molecule has 0 unspecified atom stereocenters. The second-order valence-corrected chi connectivity index (χ2v) is 8.61. The molecule has 11 heteroatoms. The molecular formula is C26H22F4N4O3. The highest BCUT2D eigenvalue weighted by atomic mass is 19.4. The number of halogens is 4. The van der Waals surface area contributed by atoms with E-state index in [-0.39, 0.29) is 11.8 Å². The number of hydrogen-bond acceptors (Lipinski definition) is 5. The molecule has 1 aliphatic rings. The number of para-hydroxylation sites is 1. The number of carbonyl (C=O) groups excluding carboxylic acids is 1. The normalized spacial score (nSPS) is 14.6. The molecule has 0 radical (unpaired) electrons. The average Bonchev–Trinajstić information content (AvgIpc) is 3.28. The fourth-order valence-electron chi connectivity index (χ4n) is 4.15. The van der Waals surface area contributed by atoms with E-state index < -0.39 is 17.6 Å². The van der Waals surface area contributed by atoms with E-state index in [4.69, 9.17) is 9.26 Å². The Morgan fingerprint density at radius 3 is 2.51 bits per heavy atom. The Bertz CT molecular complexity index is 1410. The van der Waals surface area contributed by atoms with E-state index in [1.807, 2.05) is 24.3 Å². The van der Waals surface area contributed by atoms with Crippen LogP contribution in [0.4, 0.5) is 28.2 Å². The highest BCUT2D eigenvalue weighted by Gasteiger charge is 2.34. The van der Waals surface area contributed by atoms with Crippen molar-refractivity contribution in [1.29, 1.82) is 0 Å². The summed E-state index contributed by atoms with van der Waals surface area (Å²) in [6, 6.07) is 16.5. The fourth-order valence-corrected chi connectivity index (χ4v) is 4.15. The molecule has 3 aromatic carbocycles. The van der Waals surface area contributed by atoms with E-state index in [0.29, 0.717) is 55.9 Å². The summed E-state index contributed by atoms with van der Waals surface area (Å²) in [5.74, 6) is -0.736. The molecule has 0 aliphatic carbocycles. The van der Waals surface area contributed by atoms with Gasteiger partial charge in [0, 0.05) is 32.7 Å². The van der Waals surface area contributed by atoms with Gasteiger partial charge in [0.1, 0.15) is 17.3 Å². The largest absolute Gasteiger partial charge is 0.457 e. The van der Waals surface area contributed by atoms with E-state index in [2.05, 4.69) is 15.4 Å². The second-order valence-electron chi connectivity index (χ2n) is 8.61. The first kappa shape index (κ1) is 24.6. The van der Waals surface area contributed by atoms with Crippen molar-refractivity contribution in [2.45, 2.75) is 12.7 Å². The third-order valence-corrected chi connectivity index (χ3v) is 6.05. The van der Waals surface area contributed by atoms with Crippen molar-refractivity contribution < 1.29 is 31.6 Å². The van der Waals surface area contributed by atoms with Crippen LogP contribution in [-0.2, 0) is 12.7 Å².